The molecule has 0 fully saturated rings. The van der Waals surface area contributed by atoms with Gasteiger partial charge < -0.3 is 9.88 Å². The van der Waals surface area contributed by atoms with Crippen molar-refractivity contribution in [2.75, 3.05) is 20.6 Å². The molecular weight excluding hydrogens is 276 g/mol. The molecule has 0 aliphatic carbocycles. The second kappa shape index (κ2) is 7.22. The first-order valence-electron chi connectivity index (χ1n) is 7.42. The van der Waals surface area contributed by atoms with E-state index >= 15 is 0 Å². The SMILES string of the molecule is Cc1ccc(CN(C)CC(=O)N(C)Cc2ncc(C)[nH]2)cc1. The molecule has 0 aliphatic rings. The van der Waals surface area contributed by atoms with Gasteiger partial charge in [-0.25, -0.2) is 4.98 Å². The molecular formula is C17H24N4O. The third kappa shape index (κ3) is 4.70. The Bertz CT molecular complexity index is 618. The van der Waals surface area contributed by atoms with Crippen LogP contribution < -0.4 is 0 Å². The van der Waals surface area contributed by atoms with E-state index in [1.54, 1.807) is 18.1 Å². The van der Waals surface area contributed by atoms with Crippen molar-refractivity contribution < 1.29 is 4.79 Å². The number of nitrogens with one attached hydrogen (secondary N) is 1. The van der Waals surface area contributed by atoms with Crippen molar-refractivity contribution in [1.82, 2.24) is 19.8 Å². The lowest BCUT2D eigenvalue weighted by Crippen LogP contribution is -2.36. The minimum absolute atomic E-state index is 0.0867. The number of rotatable bonds is 6. The monoisotopic (exact) mass is 300 g/mol. The molecule has 1 heterocycles. The van der Waals surface area contributed by atoms with E-state index in [4.69, 9.17) is 0 Å². The summed E-state index contributed by atoms with van der Waals surface area (Å²) in [6, 6.07) is 8.39. The van der Waals surface area contributed by atoms with Gasteiger partial charge in [0.05, 0.1) is 13.1 Å². The highest BCUT2D eigenvalue weighted by molar-refractivity contribution is 5.77. The molecule has 2 aromatic rings. The molecule has 0 bridgehead atoms. The Balaban J connectivity index is 1.83. The lowest BCUT2D eigenvalue weighted by molar-refractivity contribution is -0.131. The van der Waals surface area contributed by atoms with E-state index < -0.39 is 0 Å². The number of imidazole rings is 1. The van der Waals surface area contributed by atoms with Crippen molar-refractivity contribution in [3.8, 4) is 0 Å². The largest absolute Gasteiger partial charge is 0.345 e. The third-order valence-electron chi connectivity index (χ3n) is 3.55. The number of hydrogen-bond donors (Lipinski definition) is 1. The summed E-state index contributed by atoms with van der Waals surface area (Å²) in [5, 5.41) is 0. The Morgan fingerprint density at radius 1 is 1.14 bits per heavy atom. The summed E-state index contributed by atoms with van der Waals surface area (Å²) in [6.45, 7) is 5.69. The number of aromatic amines is 1. The van der Waals surface area contributed by atoms with E-state index in [0.29, 0.717) is 13.1 Å². The predicted molar refractivity (Wildman–Crippen MR) is 87.3 cm³/mol. The van der Waals surface area contributed by atoms with E-state index in [1.165, 1.54) is 11.1 Å². The molecule has 1 aromatic heterocycles. The van der Waals surface area contributed by atoms with Crippen LogP contribution in [-0.2, 0) is 17.9 Å². The zero-order chi connectivity index (χ0) is 16.1. The molecule has 2 rings (SSSR count). The van der Waals surface area contributed by atoms with Gasteiger partial charge in [0, 0.05) is 25.5 Å². The summed E-state index contributed by atoms with van der Waals surface area (Å²) < 4.78 is 0. The smallest absolute Gasteiger partial charge is 0.236 e. The average molecular weight is 300 g/mol. The van der Waals surface area contributed by atoms with Gasteiger partial charge in [0.1, 0.15) is 5.82 Å². The van der Waals surface area contributed by atoms with Gasteiger partial charge in [0.25, 0.3) is 0 Å². The molecule has 0 saturated heterocycles. The van der Waals surface area contributed by atoms with Gasteiger partial charge in [-0.2, -0.15) is 0 Å². The normalized spacial score (nSPS) is 11.0. The molecule has 0 unspecified atom stereocenters. The van der Waals surface area contributed by atoms with Crippen LogP contribution in [0.3, 0.4) is 0 Å². The van der Waals surface area contributed by atoms with Crippen molar-refractivity contribution in [1.29, 1.82) is 0 Å². The first-order valence-corrected chi connectivity index (χ1v) is 7.42. The van der Waals surface area contributed by atoms with Gasteiger partial charge in [-0.1, -0.05) is 29.8 Å². The molecule has 0 radical (unpaired) electrons. The van der Waals surface area contributed by atoms with Crippen LogP contribution in [0.1, 0.15) is 22.6 Å². The van der Waals surface area contributed by atoms with Gasteiger partial charge >= 0.3 is 0 Å². The number of nitrogens with zero attached hydrogens (tertiary/aromatic N) is 3. The van der Waals surface area contributed by atoms with Crippen LogP contribution in [0.15, 0.2) is 30.5 Å². The fourth-order valence-electron chi connectivity index (χ4n) is 2.27. The van der Waals surface area contributed by atoms with Crippen LogP contribution in [0.4, 0.5) is 0 Å². The van der Waals surface area contributed by atoms with E-state index in [9.17, 15) is 4.79 Å². The highest BCUT2D eigenvalue weighted by Gasteiger charge is 2.13. The number of H-pyrrole nitrogens is 1. The number of benzene rings is 1. The van der Waals surface area contributed by atoms with Gasteiger partial charge in [-0.05, 0) is 26.5 Å². The topological polar surface area (TPSA) is 52.2 Å². The van der Waals surface area contributed by atoms with Crippen LogP contribution in [0.25, 0.3) is 0 Å². The van der Waals surface area contributed by atoms with Crippen LogP contribution >= 0.6 is 0 Å². The second-order valence-electron chi connectivity index (χ2n) is 5.92. The fraction of sp³-hybridized carbons (Fsp3) is 0.412. The van der Waals surface area contributed by atoms with Gasteiger partial charge in [0.2, 0.25) is 5.91 Å². The summed E-state index contributed by atoms with van der Waals surface area (Å²) in [5.74, 6) is 0.901. The number of aromatic nitrogens is 2. The minimum atomic E-state index is 0.0867. The van der Waals surface area contributed by atoms with Crippen molar-refractivity contribution in [2.45, 2.75) is 26.9 Å². The van der Waals surface area contributed by atoms with E-state index in [2.05, 4.69) is 41.2 Å². The maximum Gasteiger partial charge on any atom is 0.236 e. The molecule has 5 heteroatoms. The highest BCUT2D eigenvalue weighted by atomic mass is 16.2. The number of amides is 1. The Morgan fingerprint density at radius 2 is 1.82 bits per heavy atom. The van der Waals surface area contributed by atoms with Crippen molar-refractivity contribution in [3.63, 3.8) is 0 Å². The maximum absolute atomic E-state index is 12.3. The molecule has 1 amide bonds. The number of hydrogen-bond acceptors (Lipinski definition) is 3. The zero-order valence-corrected chi connectivity index (χ0v) is 13.8. The van der Waals surface area contributed by atoms with Crippen molar-refractivity contribution in [2.24, 2.45) is 0 Å². The minimum Gasteiger partial charge on any atom is -0.345 e. The van der Waals surface area contributed by atoms with Crippen LogP contribution in [0, 0.1) is 13.8 Å². The fourth-order valence-corrected chi connectivity index (χ4v) is 2.27. The zero-order valence-electron chi connectivity index (χ0n) is 13.8. The Labute approximate surface area is 132 Å². The van der Waals surface area contributed by atoms with Gasteiger partial charge in [-0.3, -0.25) is 9.69 Å². The number of likely N-dealkylation sites (N-methyl/N-ethyl adjacent to an activating group) is 2. The van der Waals surface area contributed by atoms with E-state index in [1.807, 2.05) is 18.9 Å². The molecule has 5 nitrogen and oxygen atoms in total. The van der Waals surface area contributed by atoms with Gasteiger partial charge in [0.15, 0.2) is 0 Å². The summed E-state index contributed by atoms with van der Waals surface area (Å²) in [5.41, 5.74) is 3.47. The first kappa shape index (κ1) is 16.2. The maximum atomic E-state index is 12.3. The van der Waals surface area contributed by atoms with Crippen LogP contribution in [0.2, 0.25) is 0 Å². The molecule has 1 N–H and O–H groups in total. The van der Waals surface area contributed by atoms with Crippen LogP contribution in [-0.4, -0.2) is 46.3 Å². The predicted octanol–water partition coefficient (Wildman–Crippen LogP) is 2.12. The molecule has 0 atom stereocenters. The van der Waals surface area contributed by atoms with E-state index in [-0.39, 0.29) is 5.91 Å². The third-order valence-corrected chi connectivity index (χ3v) is 3.55. The van der Waals surface area contributed by atoms with Crippen LogP contribution in [0.5, 0.6) is 0 Å². The molecule has 0 saturated carbocycles. The molecule has 118 valence electrons. The average Bonchev–Trinajstić information content (AvgIpc) is 2.86. The Morgan fingerprint density at radius 3 is 2.41 bits per heavy atom. The Hall–Kier alpha value is -2.14. The summed E-state index contributed by atoms with van der Waals surface area (Å²) in [6.07, 6.45) is 1.77. The van der Waals surface area contributed by atoms with Gasteiger partial charge in [-0.15, -0.1) is 0 Å². The highest BCUT2D eigenvalue weighted by Crippen LogP contribution is 2.06. The number of aryl methyl sites for hydroxylation is 2. The Kier molecular flexibility index (Phi) is 5.33. The molecule has 0 spiro atoms. The number of carbonyl (C=O) groups is 1. The quantitative estimate of drug-likeness (QED) is 0.889. The van der Waals surface area contributed by atoms with Crippen molar-refractivity contribution >= 4 is 5.91 Å². The lowest BCUT2D eigenvalue weighted by atomic mass is 10.1. The standard InChI is InChI=1S/C17H24N4O/c1-13-5-7-15(8-6-13)10-20(3)12-17(22)21(4)11-16-18-9-14(2)19-16/h5-9H,10-12H2,1-4H3,(H,18,19). The summed E-state index contributed by atoms with van der Waals surface area (Å²) >= 11 is 0. The second-order valence-corrected chi connectivity index (χ2v) is 5.92. The van der Waals surface area contributed by atoms with Crippen molar-refractivity contribution in [3.05, 3.63) is 53.1 Å². The molecule has 0 aliphatic heterocycles. The number of carbonyl (C=O) groups excluding carboxylic acids is 1. The molecule has 22 heavy (non-hydrogen) atoms. The first-order chi connectivity index (χ1) is 10.4. The summed E-state index contributed by atoms with van der Waals surface area (Å²) in [7, 11) is 3.77. The lowest BCUT2D eigenvalue weighted by Gasteiger charge is -2.21. The summed E-state index contributed by atoms with van der Waals surface area (Å²) in [4.78, 5) is 23.3. The molecule has 1 aromatic carbocycles. The van der Waals surface area contributed by atoms with E-state index in [0.717, 1.165) is 18.1 Å².